The van der Waals surface area contributed by atoms with E-state index in [4.69, 9.17) is 5.73 Å². The van der Waals surface area contributed by atoms with E-state index in [0.717, 1.165) is 6.20 Å². The van der Waals surface area contributed by atoms with Crippen molar-refractivity contribution in [3.8, 4) is 0 Å². The summed E-state index contributed by atoms with van der Waals surface area (Å²) in [6.45, 7) is 0. The van der Waals surface area contributed by atoms with Gasteiger partial charge in [0.15, 0.2) is 0 Å². The molecule has 0 aliphatic heterocycles. The maximum atomic E-state index is 12.0. The number of sulfone groups is 1. The Morgan fingerprint density at radius 1 is 1.29 bits per heavy atom. The lowest BCUT2D eigenvalue weighted by molar-refractivity contribution is -0.0436. The number of anilines is 1. The summed E-state index contributed by atoms with van der Waals surface area (Å²) in [5, 5.41) is 0. The fourth-order valence-corrected chi connectivity index (χ4v) is 1.47. The van der Waals surface area contributed by atoms with E-state index in [2.05, 4.69) is 4.98 Å². The van der Waals surface area contributed by atoms with E-state index < -0.39 is 20.2 Å². The largest absolute Gasteiger partial charge is 0.501 e. The van der Waals surface area contributed by atoms with Crippen molar-refractivity contribution in [2.24, 2.45) is 0 Å². The third kappa shape index (κ3) is 1.79. The highest BCUT2D eigenvalue weighted by atomic mass is 32.2. The third-order valence-corrected chi connectivity index (χ3v) is 2.80. The Balaban J connectivity index is 3.32. The first-order valence-corrected chi connectivity index (χ1v) is 4.75. The molecule has 0 aliphatic carbocycles. The predicted octanol–water partition coefficient (Wildman–Crippen LogP) is 0.957. The first kappa shape index (κ1) is 10.8. The van der Waals surface area contributed by atoms with Crippen LogP contribution in [0.3, 0.4) is 0 Å². The van der Waals surface area contributed by atoms with Crippen molar-refractivity contribution >= 4 is 15.5 Å². The topological polar surface area (TPSA) is 73.0 Å². The van der Waals surface area contributed by atoms with Crippen molar-refractivity contribution in [3.05, 3.63) is 18.5 Å². The molecular formula is C6H5F3N2O2S. The van der Waals surface area contributed by atoms with Crippen molar-refractivity contribution in [3.63, 3.8) is 0 Å². The molecule has 8 heteroatoms. The van der Waals surface area contributed by atoms with Crippen molar-refractivity contribution < 1.29 is 21.6 Å². The SMILES string of the molecule is Nc1cncc(S(=O)(=O)C(F)(F)F)c1. The highest BCUT2D eigenvalue weighted by Crippen LogP contribution is 2.30. The van der Waals surface area contributed by atoms with E-state index in [0.29, 0.717) is 12.3 Å². The zero-order valence-corrected chi connectivity index (χ0v) is 7.43. The van der Waals surface area contributed by atoms with E-state index in [1.54, 1.807) is 0 Å². The fraction of sp³-hybridized carbons (Fsp3) is 0.167. The number of aromatic nitrogens is 1. The van der Waals surface area contributed by atoms with Gasteiger partial charge >= 0.3 is 5.51 Å². The van der Waals surface area contributed by atoms with Crippen LogP contribution >= 0.6 is 0 Å². The molecule has 1 aromatic heterocycles. The quantitative estimate of drug-likeness (QED) is 0.773. The molecule has 0 unspecified atom stereocenters. The van der Waals surface area contributed by atoms with Gasteiger partial charge in [0.2, 0.25) is 0 Å². The van der Waals surface area contributed by atoms with Crippen molar-refractivity contribution in [1.82, 2.24) is 4.98 Å². The van der Waals surface area contributed by atoms with Crippen LogP contribution in [0.1, 0.15) is 0 Å². The molecule has 1 heterocycles. The second kappa shape index (κ2) is 3.12. The highest BCUT2D eigenvalue weighted by molar-refractivity contribution is 7.92. The van der Waals surface area contributed by atoms with Gasteiger partial charge in [0, 0.05) is 12.4 Å². The van der Waals surface area contributed by atoms with Gasteiger partial charge in [-0.25, -0.2) is 8.42 Å². The van der Waals surface area contributed by atoms with E-state index in [9.17, 15) is 21.6 Å². The number of pyridine rings is 1. The second-order valence-corrected chi connectivity index (χ2v) is 4.34. The summed E-state index contributed by atoms with van der Waals surface area (Å²) in [5.74, 6) is 0. The molecule has 0 atom stereocenters. The summed E-state index contributed by atoms with van der Waals surface area (Å²) in [7, 11) is -5.34. The van der Waals surface area contributed by atoms with Gasteiger partial charge in [-0.1, -0.05) is 0 Å². The van der Waals surface area contributed by atoms with Gasteiger partial charge in [-0.2, -0.15) is 13.2 Å². The molecular weight excluding hydrogens is 221 g/mol. The average molecular weight is 226 g/mol. The summed E-state index contributed by atoms with van der Waals surface area (Å²) in [4.78, 5) is 2.31. The number of nitrogens with zero attached hydrogens (tertiary/aromatic N) is 1. The number of halogens is 3. The normalized spacial score (nSPS) is 12.8. The Hall–Kier alpha value is -1.31. The standard InChI is InChI=1S/C6H5F3N2O2S/c7-6(8,9)14(12,13)5-1-4(10)2-11-3-5/h1-3H,10H2. The molecule has 1 rings (SSSR count). The van der Waals surface area contributed by atoms with Crippen LogP contribution < -0.4 is 5.73 Å². The zero-order valence-electron chi connectivity index (χ0n) is 6.62. The lowest BCUT2D eigenvalue weighted by Crippen LogP contribution is -2.23. The van der Waals surface area contributed by atoms with Gasteiger partial charge in [0.1, 0.15) is 0 Å². The van der Waals surface area contributed by atoms with E-state index >= 15 is 0 Å². The summed E-state index contributed by atoms with van der Waals surface area (Å²) < 4.78 is 57.6. The van der Waals surface area contributed by atoms with Gasteiger partial charge < -0.3 is 5.73 Å². The van der Waals surface area contributed by atoms with Crippen LogP contribution in [0.15, 0.2) is 23.4 Å². The maximum Gasteiger partial charge on any atom is 0.501 e. The molecule has 78 valence electrons. The van der Waals surface area contributed by atoms with Crippen LogP contribution in [0.25, 0.3) is 0 Å². The molecule has 0 aliphatic rings. The lowest BCUT2D eigenvalue weighted by atomic mass is 10.4. The Labute approximate surface area is 77.5 Å². The van der Waals surface area contributed by atoms with E-state index in [-0.39, 0.29) is 5.69 Å². The van der Waals surface area contributed by atoms with E-state index in [1.165, 1.54) is 0 Å². The minimum absolute atomic E-state index is 0.143. The minimum Gasteiger partial charge on any atom is -0.397 e. The second-order valence-electron chi connectivity index (χ2n) is 2.40. The Morgan fingerprint density at radius 2 is 1.86 bits per heavy atom. The van der Waals surface area contributed by atoms with E-state index in [1.807, 2.05) is 0 Å². The molecule has 14 heavy (non-hydrogen) atoms. The summed E-state index contributed by atoms with van der Waals surface area (Å²) >= 11 is 0. The molecule has 0 bridgehead atoms. The molecule has 0 saturated heterocycles. The Bertz CT molecular complexity index is 441. The number of hydrogen-bond donors (Lipinski definition) is 1. The number of rotatable bonds is 1. The Morgan fingerprint density at radius 3 is 2.29 bits per heavy atom. The molecule has 0 amide bonds. The molecule has 2 N–H and O–H groups in total. The minimum atomic E-state index is -5.34. The summed E-state index contributed by atoms with van der Waals surface area (Å²) in [6, 6.07) is 0.704. The lowest BCUT2D eigenvalue weighted by Gasteiger charge is -2.07. The molecule has 0 fully saturated rings. The van der Waals surface area contributed by atoms with Crippen LogP contribution in [0.4, 0.5) is 18.9 Å². The first-order chi connectivity index (χ1) is 6.25. The van der Waals surface area contributed by atoms with Crippen LogP contribution in [-0.4, -0.2) is 18.9 Å². The van der Waals surface area contributed by atoms with Crippen molar-refractivity contribution in [2.45, 2.75) is 10.4 Å². The fourth-order valence-electron chi connectivity index (χ4n) is 0.716. The predicted molar refractivity (Wildman–Crippen MR) is 41.9 cm³/mol. The average Bonchev–Trinajstić information content (AvgIpc) is 2.02. The zero-order chi connectivity index (χ0) is 11.0. The molecule has 1 aromatic rings. The molecule has 0 spiro atoms. The van der Waals surface area contributed by atoms with Gasteiger partial charge in [0.05, 0.1) is 10.6 Å². The van der Waals surface area contributed by atoms with Gasteiger partial charge in [-0.3, -0.25) is 4.98 Å². The van der Waals surface area contributed by atoms with Crippen LogP contribution in [-0.2, 0) is 9.84 Å². The number of nitrogens with two attached hydrogens (primary N) is 1. The molecule has 0 saturated carbocycles. The Kier molecular flexibility index (Phi) is 2.40. The van der Waals surface area contributed by atoms with Gasteiger partial charge in [-0.05, 0) is 6.07 Å². The number of nitrogen functional groups attached to an aromatic ring is 1. The molecule has 4 nitrogen and oxygen atoms in total. The third-order valence-electron chi connectivity index (χ3n) is 1.35. The highest BCUT2D eigenvalue weighted by Gasteiger charge is 2.47. The molecule has 0 radical (unpaired) electrons. The molecule has 0 aromatic carbocycles. The van der Waals surface area contributed by atoms with Crippen molar-refractivity contribution in [1.29, 1.82) is 0 Å². The number of alkyl halides is 3. The summed E-state index contributed by atoms with van der Waals surface area (Å²) in [6.07, 6.45) is 1.65. The van der Waals surface area contributed by atoms with Crippen LogP contribution in [0.2, 0.25) is 0 Å². The summed E-state index contributed by atoms with van der Waals surface area (Å²) in [5.41, 5.74) is -0.370. The first-order valence-electron chi connectivity index (χ1n) is 3.27. The van der Waals surface area contributed by atoms with Crippen LogP contribution in [0.5, 0.6) is 0 Å². The smallest absolute Gasteiger partial charge is 0.397 e. The monoisotopic (exact) mass is 226 g/mol. The van der Waals surface area contributed by atoms with Crippen molar-refractivity contribution in [2.75, 3.05) is 5.73 Å². The van der Waals surface area contributed by atoms with Gasteiger partial charge in [-0.15, -0.1) is 0 Å². The maximum absolute atomic E-state index is 12.0. The van der Waals surface area contributed by atoms with Gasteiger partial charge in [0.25, 0.3) is 9.84 Å². The number of hydrogen-bond acceptors (Lipinski definition) is 4. The van der Waals surface area contributed by atoms with Crippen LogP contribution in [0, 0.1) is 0 Å².